The minimum atomic E-state index is -0.526. The van der Waals surface area contributed by atoms with E-state index >= 15 is 0 Å². The van der Waals surface area contributed by atoms with Crippen molar-refractivity contribution >= 4 is 22.8 Å². The van der Waals surface area contributed by atoms with E-state index in [1.54, 1.807) is 13.0 Å². The van der Waals surface area contributed by atoms with Crippen LogP contribution < -0.4 is 5.32 Å². The molecule has 1 aromatic carbocycles. The Labute approximate surface area is 142 Å². The summed E-state index contributed by atoms with van der Waals surface area (Å²) in [4.78, 5) is 28.5. The molecular weight excluding hydrogens is 304 g/mol. The number of aryl methyl sites for hydroxylation is 2. The van der Waals surface area contributed by atoms with E-state index in [1.807, 2.05) is 32.0 Å². The molecule has 0 bridgehead atoms. The first-order chi connectivity index (χ1) is 11.4. The smallest absolute Gasteiger partial charge is 0.340 e. The van der Waals surface area contributed by atoms with Crippen LogP contribution in [0.5, 0.6) is 0 Å². The summed E-state index contributed by atoms with van der Waals surface area (Å²) >= 11 is 0. The predicted molar refractivity (Wildman–Crippen MR) is 94.0 cm³/mol. The minimum Gasteiger partial charge on any atom is -0.452 e. The Hall–Kier alpha value is -2.43. The van der Waals surface area contributed by atoms with Gasteiger partial charge in [0.25, 0.3) is 5.91 Å². The molecule has 1 aromatic heterocycles. The summed E-state index contributed by atoms with van der Waals surface area (Å²) in [7, 11) is 0. The summed E-state index contributed by atoms with van der Waals surface area (Å²) in [5.74, 6) is -0.812. The van der Waals surface area contributed by atoms with Crippen LogP contribution in [-0.4, -0.2) is 29.5 Å². The SMILES string of the molecule is CCC[C@H](C)NC(=O)COC(=O)c1cc2cc(C)ccc2nc1C. The molecule has 0 aliphatic rings. The van der Waals surface area contributed by atoms with E-state index in [2.05, 4.69) is 17.2 Å². The highest BCUT2D eigenvalue weighted by Gasteiger charge is 2.15. The van der Waals surface area contributed by atoms with Gasteiger partial charge in [0.05, 0.1) is 16.8 Å². The summed E-state index contributed by atoms with van der Waals surface area (Å²) in [6, 6.07) is 7.72. The standard InChI is InChI=1S/C19H24N2O3/c1-5-6-13(3)20-18(22)11-24-19(23)16-10-15-9-12(2)7-8-17(15)21-14(16)4/h7-10,13H,5-6,11H2,1-4H3,(H,20,22)/t13-/m0/s1. The topological polar surface area (TPSA) is 68.3 Å². The van der Waals surface area contributed by atoms with Crippen LogP contribution in [0.1, 0.15) is 48.3 Å². The van der Waals surface area contributed by atoms with E-state index in [4.69, 9.17) is 4.74 Å². The number of pyridine rings is 1. The van der Waals surface area contributed by atoms with Crippen molar-refractivity contribution in [2.24, 2.45) is 0 Å². The summed E-state index contributed by atoms with van der Waals surface area (Å²) in [5.41, 5.74) is 2.91. The number of rotatable bonds is 6. The van der Waals surface area contributed by atoms with Gasteiger partial charge < -0.3 is 10.1 Å². The number of nitrogens with one attached hydrogen (secondary N) is 1. The van der Waals surface area contributed by atoms with Gasteiger partial charge >= 0.3 is 5.97 Å². The lowest BCUT2D eigenvalue weighted by Crippen LogP contribution is -2.35. The maximum Gasteiger partial charge on any atom is 0.340 e. The zero-order chi connectivity index (χ0) is 17.7. The fourth-order valence-corrected chi connectivity index (χ4v) is 2.63. The molecule has 1 heterocycles. The maximum absolute atomic E-state index is 12.3. The van der Waals surface area contributed by atoms with E-state index in [9.17, 15) is 9.59 Å². The van der Waals surface area contributed by atoms with Crippen molar-refractivity contribution in [1.82, 2.24) is 10.3 Å². The van der Waals surface area contributed by atoms with Gasteiger partial charge in [-0.2, -0.15) is 0 Å². The van der Waals surface area contributed by atoms with Gasteiger partial charge in [0.15, 0.2) is 6.61 Å². The van der Waals surface area contributed by atoms with Crippen LogP contribution in [0.25, 0.3) is 10.9 Å². The van der Waals surface area contributed by atoms with Crippen molar-refractivity contribution in [1.29, 1.82) is 0 Å². The van der Waals surface area contributed by atoms with Gasteiger partial charge in [0, 0.05) is 11.4 Å². The van der Waals surface area contributed by atoms with Gasteiger partial charge in [0.2, 0.25) is 0 Å². The fourth-order valence-electron chi connectivity index (χ4n) is 2.63. The number of aromatic nitrogens is 1. The van der Waals surface area contributed by atoms with Crippen LogP contribution in [-0.2, 0) is 9.53 Å². The number of nitrogens with zero attached hydrogens (tertiary/aromatic N) is 1. The summed E-state index contributed by atoms with van der Waals surface area (Å²) in [6.07, 6.45) is 1.88. The highest BCUT2D eigenvalue weighted by Crippen LogP contribution is 2.18. The second-order valence-electron chi connectivity index (χ2n) is 6.15. The molecule has 5 nitrogen and oxygen atoms in total. The Balaban J connectivity index is 2.05. The fraction of sp³-hybridized carbons (Fsp3) is 0.421. The maximum atomic E-state index is 12.3. The zero-order valence-electron chi connectivity index (χ0n) is 14.7. The number of hydrogen-bond donors (Lipinski definition) is 1. The van der Waals surface area contributed by atoms with Gasteiger partial charge in [-0.25, -0.2) is 4.79 Å². The lowest BCUT2D eigenvalue weighted by Gasteiger charge is -2.13. The number of hydrogen-bond acceptors (Lipinski definition) is 4. The molecule has 0 saturated heterocycles. The lowest BCUT2D eigenvalue weighted by molar-refractivity contribution is -0.124. The van der Waals surface area contributed by atoms with E-state index < -0.39 is 5.97 Å². The number of carbonyl (C=O) groups is 2. The van der Waals surface area contributed by atoms with Gasteiger partial charge in [0.1, 0.15) is 0 Å². The molecule has 0 fully saturated rings. The third-order valence-electron chi connectivity index (χ3n) is 3.84. The number of ether oxygens (including phenoxy) is 1. The molecule has 0 aliphatic carbocycles. The van der Waals surface area contributed by atoms with Crippen LogP contribution >= 0.6 is 0 Å². The van der Waals surface area contributed by atoms with Crippen molar-refractivity contribution in [2.75, 3.05) is 6.61 Å². The lowest BCUT2D eigenvalue weighted by atomic mass is 10.1. The molecule has 1 amide bonds. The molecule has 128 valence electrons. The summed E-state index contributed by atoms with van der Waals surface area (Å²) < 4.78 is 5.14. The monoisotopic (exact) mass is 328 g/mol. The van der Waals surface area contributed by atoms with Gasteiger partial charge in [-0.1, -0.05) is 25.0 Å². The Morgan fingerprint density at radius 3 is 2.71 bits per heavy atom. The second-order valence-corrected chi connectivity index (χ2v) is 6.15. The molecule has 0 radical (unpaired) electrons. The van der Waals surface area contributed by atoms with Crippen molar-refractivity contribution in [3.05, 3.63) is 41.1 Å². The van der Waals surface area contributed by atoms with Gasteiger partial charge in [-0.15, -0.1) is 0 Å². The Morgan fingerprint density at radius 1 is 1.25 bits per heavy atom. The average molecular weight is 328 g/mol. The molecule has 1 N–H and O–H groups in total. The highest BCUT2D eigenvalue weighted by molar-refractivity contribution is 5.96. The minimum absolute atomic E-state index is 0.0771. The van der Waals surface area contributed by atoms with Crippen molar-refractivity contribution < 1.29 is 14.3 Å². The van der Waals surface area contributed by atoms with Crippen molar-refractivity contribution in [2.45, 2.75) is 46.6 Å². The van der Waals surface area contributed by atoms with Crippen LogP contribution in [0.2, 0.25) is 0 Å². The Morgan fingerprint density at radius 2 is 2.00 bits per heavy atom. The van der Waals surface area contributed by atoms with Crippen molar-refractivity contribution in [3.63, 3.8) is 0 Å². The van der Waals surface area contributed by atoms with Gasteiger partial charge in [-0.05, 0) is 45.4 Å². The van der Waals surface area contributed by atoms with Crippen LogP contribution in [0.3, 0.4) is 0 Å². The first kappa shape index (κ1) is 17.9. The first-order valence-corrected chi connectivity index (χ1v) is 8.25. The van der Waals surface area contributed by atoms with Crippen LogP contribution in [0.15, 0.2) is 24.3 Å². The van der Waals surface area contributed by atoms with Crippen molar-refractivity contribution in [3.8, 4) is 0 Å². The number of esters is 1. The molecule has 0 spiro atoms. The molecule has 1 atom stereocenters. The molecule has 2 aromatic rings. The third-order valence-corrected chi connectivity index (χ3v) is 3.84. The zero-order valence-corrected chi connectivity index (χ0v) is 14.7. The first-order valence-electron chi connectivity index (χ1n) is 8.25. The second kappa shape index (κ2) is 7.90. The van der Waals surface area contributed by atoms with E-state index in [1.165, 1.54) is 0 Å². The molecule has 0 aliphatic heterocycles. The predicted octanol–water partition coefficient (Wildman–Crippen LogP) is 3.31. The average Bonchev–Trinajstić information content (AvgIpc) is 2.52. The quantitative estimate of drug-likeness (QED) is 0.826. The Bertz CT molecular complexity index is 756. The molecule has 2 rings (SSSR count). The number of benzene rings is 1. The van der Waals surface area contributed by atoms with Crippen LogP contribution in [0, 0.1) is 13.8 Å². The normalized spacial score (nSPS) is 12.0. The van der Waals surface area contributed by atoms with Crippen LogP contribution in [0.4, 0.5) is 0 Å². The Kier molecular flexibility index (Phi) is 5.90. The number of fused-ring (bicyclic) bond motifs is 1. The largest absolute Gasteiger partial charge is 0.452 e. The van der Waals surface area contributed by atoms with E-state index in [0.29, 0.717) is 11.3 Å². The number of carbonyl (C=O) groups excluding carboxylic acids is 2. The van der Waals surface area contributed by atoms with E-state index in [-0.39, 0.29) is 18.6 Å². The van der Waals surface area contributed by atoms with Gasteiger partial charge in [-0.3, -0.25) is 9.78 Å². The molecule has 0 unspecified atom stereocenters. The molecular formula is C19H24N2O3. The third kappa shape index (κ3) is 4.54. The molecule has 5 heteroatoms. The molecule has 0 saturated carbocycles. The molecule has 24 heavy (non-hydrogen) atoms. The van der Waals surface area contributed by atoms with E-state index in [0.717, 1.165) is 29.3 Å². The number of amides is 1. The summed E-state index contributed by atoms with van der Waals surface area (Å²) in [5, 5.41) is 3.69. The highest BCUT2D eigenvalue weighted by atomic mass is 16.5. The summed E-state index contributed by atoms with van der Waals surface area (Å²) in [6.45, 7) is 7.46.